The van der Waals surface area contributed by atoms with Gasteiger partial charge >= 0.3 is 0 Å². The number of nitrogens with zero attached hydrogens (tertiary/aromatic N) is 3. The molecule has 2 N–H and O–H groups in total. The van der Waals surface area contributed by atoms with Gasteiger partial charge in [0.1, 0.15) is 0 Å². The smallest absolute Gasteiger partial charge is 0.236 e. The van der Waals surface area contributed by atoms with Crippen LogP contribution in [0.3, 0.4) is 0 Å². The second kappa shape index (κ2) is 6.71. The fraction of sp³-hybridized carbons (Fsp3) is 0.143. The highest BCUT2D eigenvalue weighted by atomic mass is 32.2. The molecule has 0 saturated heterocycles. The fourth-order valence-electron chi connectivity index (χ4n) is 1.84. The van der Waals surface area contributed by atoms with Crippen LogP contribution in [0.5, 0.6) is 0 Å². The molecular formula is C14H13N5OS2. The van der Waals surface area contributed by atoms with Gasteiger partial charge in [-0.2, -0.15) is 0 Å². The van der Waals surface area contributed by atoms with E-state index in [1.165, 1.54) is 23.1 Å². The number of aryl methyl sites for hydroxylation is 1. The third-order valence-electron chi connectivity index (χ3n) is 2.88. The third kappa shape index (κ3) is 3.52. The first-order chi connectivity index (χ1) is 10.7. The van der Waals surface area contributed by atoms with E-state index in [2.05, 4.69) is 25.5 Å². The summed E-state index contributed by atoms with van der Waals surface area (Å²) in [6.45, 7) is 2.02. The number of nitrogens with one attached hydrogen (secondary N) is 2. The first-order valence-electron chi connectivity index (χ1n) is 6.53. The predicted octanol–water partition coefficient (Wildman–Crippen LogP) is 2.97. The van der Waals surface area contributed by atoms with Crippen molar-refractivity contribution < 1.29 is 4.79 Å². The van der Waals surface area contributed by atoms with Crippen molar-refractivity contribution in [2.45, 2.75) is 12.1 Å². The number of anilines is 1. The van der Waals surface area contributed by atoms with Crippen molar-refractivity contribution in [2.24, 2.45) is 0 Å². The van der Waals surface area contributed by atoms with Crippen molar-refractivity contribution in [1.29, 1.82) is 0 Å². The summed E-state index contributed by atoms with van der Waals surface area (Å²) in [7, 11) is 0. The van der Waals surface area contributed by atoms with Crippen LogP contribution in [0.15, 0.2) is 41.0 Å². The SMILES string of the molecule is Cc1ccccc1-c1nc(SCC(=O)Nc2nccs2)n[nH]1. The minimum atomic E-state index is -0.123. The van der Waals surface area contributed by atoms with Gasteiger partial charge in [0.15, 0.2) is 11.0 Å². The van der Waals surface area contributed by atoms with Gasteiger partial charge in [-0.1, -0.05) is 36.0 Å². The van der Waals surface area contributed by atoms with Crippen LogP contribution in [0.25, 0.3) is 11.4 Å². The molecule has 2 aromatic heterocycles. The molecule has 1 amide bonds. The number of aromatic nitrogens is 4. The number of hydrogen-bond acceptors (Lipinski definition) is 6. The van der Waals surface area contributed by atoms with Crippen molar-refractivity contribution in [3.63, 3.8) is 0 Å². The first kappa shape index (κ1) is 14.7. The molecule has 3 aromatic rings. The summed E-state index contributed by atoms with van der Waals surface area (Å²) in [6, 6.07) is 7.94. The van der Waals surface area contributed by atoms with Gasteiger partial charge in [-0.3, -0.25) is 9.89 Å². The molecule has 0 bridgehead atoms. The van der Waals surface area contributed by atoms with Crippen molar-refractivity contribution in [3.05, 3.63) is 41.4 Å². The van der Waals surface area contributed by atoms with E-state index in [0.717, 1.165) is 11.1 Å². The molecule has 0 radical (unpaired) electrons. The predicted molar refractivity (Wildman–Crippen MR) is 88.0 cm³/mol. The maximum absolute atomic E-state index is 11.8. The van der Waals surface area contributed by atoms with Crippen molar-refractivity contribution in [3.8, 4) is 11.4 Å². The first-order valence-corrected chi connectivity index (χ1v) is 8.39. The van der Waals surface area contributed by atoms with Gasteiger partial charge < -0.3 is 5.32 Å². The van der Waals surface area contributed by atoms with Crippen LogP contribution >= 0.6 is 23.1 Å². The summed E-state index contributed by atoms with van der Waals surface area (Å²) in [5.41, 5.74) is 2.13. The van der Waals surface area contributed by atoms with Crippen LogP contribution in [-0.2, 0) is 4.79 Å². The number of thiazole rings is 1. The molecule has 0 saturated carbocycles. The molecule has 0 fully saturated rings. The lowest BCUT2D eigenvalue weighted by atomic mass is 10.1. The molecule has 112 valence electrons. The van der Waals surface area contributed by atoms with Crippen molar-refractivity contribution >= 4 is 34.1 Å². The highest BCUT2D eigenvalue weighted by Crippen LogP contribution is 2.22. The molecular weight excluding hydrogens is 318 g/mol. The van der Waals surface area contributed by atoms with E-state index in [0.29, 0.717) is 16.1 Å². The quantitative estimate of drug-likeness (QED) is 0.702. The Labute approximate surface area is 135 Å². The van der Waals surface area contributed by atoms with E-state index in [4.69, 9.17) is 0 Å². The highest BCUT2D eigenvalue weighted by Gasteiger charge is 2.10. The number of hydrogen-bond donors (Lipinski definition) is 2. The number of benzene rings is 1. The molecule has 3 rings (SSSR count). The molecule has 1 aromatic carbocycles. The lowest BCUT2D eigenvalue weighted by molar-refractivity contribution is -0.113. The van der Waals surface area contributed by atoms with Gasteiger partial charge in [0.05, 0.1) is 5.75 Å². The zero-order chi connectivity index (χ0) is 15.4. The normalized spacial score (nSPS) is 10.6. The number of carbonyl (C=O) groups excluding carboxylic acids is 1. The van der Waals surface area contributed by atoms with Gasteiger partial charge in [-0.25, -0.2) is 9.97 Å². The molecule has 6 nitrogen and oxygen atoms in total. The maximum atomic E-state index is 11.8. The monoisotopic (exact) mass is 331 g/mol. The average Bonchev–Trinajstić information content (AvgIpc) is 3.17. The second-order valence-corrected chi connectivity index (χ2v) is 6.29. The number of thioether (sulfide) groups is 1. The molecule has 0 atom stereocenters. The Morgan fingerprint density at radius 2 is 2.27 bits per heavy atom. The van der Waals surface area contributed by atoms with Crippen LogP contribution in [0, 0.1) is 6.92 Å². The summed E-state index contributed by atoms with van der Waals surface area (Å²) in [5.74, 6) is 0.827. The van der Waals surface area contributed by atoms with Crippen molar-refractivity contribution in [2.75, 3.05) is 11.1 Å². The van der Waals surface area contributed by atoms with Gasteiger partial charge in [0.2, 0.25) is 11.1 Å². The lowest BCUT2D eigenvalue weighted by Crippen LogP contribution is -2.13. The molecule has 0 aliphatic rings. The van der Waals surface area contributed by atoms with Gasteiger partial charge in [-0.05, 0) is 12.5 Å². The Morgan fingerprint density at radius 3 is 3.05 bits per heavy atom. The summed E-state index contributed by atoms with van der Waals surface area (Å²) in [4.78, 5) is 20.2. The zero-order valence-corrected chi connectivity index (χ0v) is 13.4. The van der Waals surface area contributed by atoms with E-state index in [9.17, 15) is 4.79 Å². The van der Waals surface area contributed by atoms with E-state index in [1.807, 2.05) is 36.6 Å². The van der Waals surface area contributed by atoms with Crippen molar-refractivity contribution in [1.82, 2.24) is 20.2 Å². The van der Waals surface area contributed by atoms with Gasteiger partial charge in [0, 0.05) is 17.1 Å². The minimum Gasteiger partial charge on any atom is -0.301 e. The maximum Gasteiger partial charge on any atom is 0.236 e. The second-order valence-electron chi connectivity index (χ2n) is 4.46. The Morgan fingerprint density at radius 1 is 1.41 bits per heavy atom. The van der Waals surface area contributed by atoms with Gasteiger partial charge in [0.25, 0.3) is 0 Å². The van der Waals surface area contributed by atoms with Gasteiger partial charge in [-0.15, -0.1) is 16.4 Å². The number of rotatable bonds is 5. The molecule has 0 aliphatic carbocycles. The van der Waals surface area contributed by atoms with E-state index < -0.39 is 0 Å². The Balaban J connectivity index is 1.60. The third-order valence-corrected chi connectivity index (χ3v) is 4.41. The molecule has 2 heterocycles. The summed E-state index contributed by atoms with van der Waals surface area (Å²) in [6.07, 6.45) is 1.65. The Bertz CT molecular complexity index is 769. The fourth-order valence-corrected chi connectivity index (χ4v) is 2.98. The zero-order valence-electron chi connectivity index (χ0n) is 11.7. The van der Waals surface area contributed by atoms with E-state index >= 15 is 0 Å². The standard InChI is InChI=1S/C14H13N5OS2/c1-9-4-2-3-5-10(9)12-17-14(19-18-12)22-8-11(20)16-13-15-6-7-21-13/h2-7H,8H2,1H3,(H,15,16,20)(H,17,18,19). The highest BCUT2D eigenvalue weighted by molar-refractivity contribution is 7.99. The number of carbonyl (C=O) groups is 1. The average molecular weight is 331 g/mol. The molecule has 22 heavy (non-hydrogen) atoms. The number of aromatic amines is 1. The topological polar surface area (TPSA) is 83.6 Å². The molecule has 0 unspecified atom stereocenters. The number of amides is 1. The van der Waals surface area contributed by atoms with Crippen LogP contribution in [0.4, 0.5) is 5.13 Å². The van der Waals surface area contributed by atoms with E-state index in [-0.39, 0.29) is 11.7 Å². The Kier molecular flexibility index (Phi) is 4.50. The molecule has 0 aliphatic heterocycles. The minimum absolute atomic E-state index is 0.123. The summed E-state index contributed by atoms with van der Waals surface area (Å²) >= 11 is 2.67. The Hall–Kier alpha value is -2.19. The summed E-state index contributed by atoms with van der Waals surface area (Å²) < 4.78 is 0. The lowest BCUT2D eigenvalue weighted by Gasteiger charge is -2.00. The van der Waals surface area contributed by atoms with Crippen LogP contribution in [-0.4, -0.2) is 31.8 Å². The number of H-pyrrole nitrogens is 1. The van der Waals surface area contributed by atoms with Crippen LogP contribution in [0.2, 0.25) is 0 Å². The molecule has 8 heteroatoms. The summed E-state index contributed by atoms with van der Waals surface area (Å²) in [5, 5.41) is 12.7. The van der Waals surface area contributed by atoms with Crippen LogP contribution < -0.4 is 5.32 Å². The van der Waals surface area contributed by atoms with E-state index in [1.54, 1.807) is 6.20 Å². The largest absolute Gasteiger partial charge is 0.301 e. The molecule has 0 spiro atoms. The van der Waals surface area contributed by atoms with Crippen LogP contribution in [0.1, 0.15) is 5.56 Å².